The first kappa shape index (κ1) is 36.9. The molecule has 0 radical (unpaired) electrons. The molecule has 1 unspecified atom stereocenters. The molecule has 0 bridgehead atoms. The smallest absolute Gasteiger partial charge is 0.333 e. The number of carboxylic acids is 1. The van der Waals surface area contributed by atoms with Gasteiger partial charge in [0, 0.05) is 17.7 Å². The standard InChI is InChI=1S/C31H34O19/c32-8-17-22(37)25(40)27(42)29(48-17)21-16(7-15-20(24(21)39)12(34)5-14(47-15)10-1-3-11(33)4-2-10)49-31-28(43)26(41)23(38)18(50-31)9-46-19(36)6-13(35)30(44)45/h1-5,7,13,17-18,22-23,25-29,31-33,35,37-43H,6,8-9H2,(H,44,45)/t13?,17-,18-,22-,23-,25+,26+,27-,28-,29+,31-/m1/s1. The fourth-order valence-corrected chi connectivity index (χ4v) is 5.53. The van der Waals surface area contributed by atoms with Crippen LogP contribution in [0, 0.1) is 0 Å². The summed E-state index contributed by atoms with van der Waals surface area (Å²) in [6.07, 6.45) is -21.9. The molecule has 3 heterocycles. The molecule has 50 heavy (non-hydrogen) atoms. The molecule has 2 aliphatic heterocycles. The maximum atomic E-state index is 13.4. The monoisotopic (exact) mass is 710 g/mol. The van der Waals surface area contributed by atoms with Crippen molar-refractivity contribution in [3.8, 4) is 28.6 Å². The molecule has 2 aromatic carbocycles. The van der Waals surface area contributed by atoms with E-state index < -0.39 is 127 Å². The van der Waals surface area contributed by atoms with Crippen LogP contribution in [0.4, 0.5) is 0 Å². The Morgan fingerprint density at radius 1 is 0.840 bits per heavy atom. The lowest BCUT2D eigenvalue weighted by Crippen LogP contribution is -2.60. The Morgan fingerprint density at radius 2 is 1.48 bits per heavy atom. The summed E-state index contributed by atoms with van der Waals surface area (Å²) in [6, 6.07) is 7.50. The van der Waals surface area contributed by atoms with Gasteiger partial charge in [-0.25, -0.2) is 4.79 Å². The number of esters is 1. The molecule has 2 aliphatic rings. The lowest BCUT2D eigenvalue weighted by molar-refractivity contribution is -0.279. The number of carbonyl (C=O) groups excluding carboxylic acids is 1. The lowest BCUT2D eigenvalue weighted by Gasteiger charge is -2.42. The van der Waals surface area contributed by atoms with Crippen molar-refractivity contribution in [2.75, 3.05) is 13.2 Å². The molecule has 0 amide bonds. The normalized spacial score (nSPS) is 30.5. The quantitative estimate of drug-likeness (QED) is 0.0931. The Hall–Kier alpha value is -4.41. The number of phenolic OH excluding ortho intramolecular Hbond substituents is 2. The third kappa shape index (κ3) is 7.23. The van der Waals surface area contributed by atoms with Gasteiger partial charge >= 0.3 is 11.9 Å². The second-order valence-corrected chi connectivity index (χ2v) is 11.7. The Morgan fingerprint density at radius 3 is 2.12 bits per heavy atom. The summed E-state index contributed by atoms with van der Waals surface area (Å²) < 4.78 is 27.7. The maximum Gasteiger partial charge on any atom is 0.333 e. The highest BCUT2D eigenvalue weighted by Gasteiger charge is 2.49. The van der Waals surface area contributed by atoms with E-state index in [4.69, 9.17) is 28.5 Å². The average molecular weight is 711 g/mol. The van der Waals surface area contributed by atoms with Crippen LogP contribution in [0.3, 0.4) is 0 Å². The number of carboxylic acid groups (broad SMARTS) is 1. The third-order valence-corrected chi connectivity index (χ3v) is 8.29. The number of aliphatic carboxylic acids is 1. The second-order valence-electron chi connectivity index (χ2n) is 11.7. The van der Waals surface area contributed by atoms with Crippen molar-refractivity contribution >= 4 is 22.9 Å². The van der Waals surface area contributed by atoms with E-state index in [0.29, 0.717) is 5.56 Å². The molecule has 19 nitrogen and oxygen atoms in total. The van der Waals surface area contributed by atoms with E-state index in [0.717, 1.165) is 12.1 Å². The van der Waals surface area contributed by atoms with E-state index in [1.807, 2.05) is 0 Å². The highest BCUT2D eigenvalue weighted by molar-refractivity contribution is 5.88. The summed E-state index contributed by atoms with van der Waals surface area (Å²) in [5.41, 5.74) is -1.43. The molecular weight excluding hydrogens is 676 g/mol. The Balaban J connectivity index is 1.56. The maximum absolute atomic E-state index is 13.4. The van der Waals surface area contributed by atoms with Crippen molar-refractivity contribution < 1.29 is 89.1 Å². The van der Waals surface area contributed by atoms with E-state index in [-0.39, 0.29) is 17.1 Å². The molecular formula is C31H34O19. The summed E-state index contributed by atoms with van der Waals surface area (Å²) in [7, 11) is 0. The number of ether oxygens (including phenoxy) is 4. The number of aromatic hydroxyl groups is 2. The summed E-state index contributed by atoms with van der Waals surface area (Å²) in [6.45, 7) is -1.72. The zero-order valence-electron chi connectivity index (χ0n) is 25.6. The van der Waals surface area contributed by atoms with Crippen molar-refractivity contribution in [2.24, 2.45) is 0 Å². The first-order chi connectivity index (χ1) is 23.6. The molecule has 5 rings (SSSR count). The Labute approximate surface area is 279 Å². The van der Waals surface area contributed by atoms with Crippen LogP contribution in [0.15, 0.2) is 45.6 Å². The van der Waals surface area contributed by atoms with Gasteiger partial charge in [0.05, 0.1) is 18.6 Å². The van der Waals surface area contributed by atoms with Gasteiger partial charge in [-0.2, -0.15) is 0 Å². The first-order valence-electron chi connectivity index (χ1n) is 15.0. The summed E-state index contributed by atoms with van der Waals surface area (Å²) >= 11 is 0. The number of carbonyl (C=O) groups is 2. The van der Waals surface area contributed by atoms with Gasteiger partial charge in [0.25, 0.3) is 0 Å². The molecule has 11 N–H and O–H groups in total. The molecule has 0 aliphatic carbocycles. The molecule has 2 saturated heterocycles. The van der Waals surface area contributed by atoms with Crippen LogP contribution in [0.25, 0.3) is 22.3 Å². The molecule has 1 aromatic heterocycles. The third-order valence-electron chi connectivity index (χ3n) is 8.29. The lowest BCUT2D eigenvalue weighted by atomic mass is 9.89. The molecule has 19 heteroatoms. The number of phenols is 2. The minimum Gasteiger partial charge on any atom is -0.508 e. The number of benzene rings is 2. The first-order valence-corrected chi connectivity index (χ1v) is 15.0. The summed E-state index contributed by atoms with van der Waals surface area (Å²) in [5, 5.41) is 112. The summed E-state index contributed by atoms with van der Waals surface area (Å²) in [5.74, 6) is -4.56. The predicted molar refractivity (Wildman–Crippen MR) is 160 cm³/mol. The zero-order valence-corrected chi connectivity index (χ0v) is 25.6. The van der Waals surface area contributed by atoms with Crippen LogP contribution in [0.5, 0.6) is 17.2 Å². The molecule has 272 valence electrons. The van der Waals surface area contributed by atoms with Crippen molar-refractivity contribution in [2.45, 2.75) is 73.8 Å². The second kappa shape index (κ2) is 14.8. The van der Waals surface area contributed by atoms with Gasteiger partial charge in [-0.15, -0.1) is 0 Å². The number of hydrogen-bond acceptors (Lipinski definition) is 18. The van der Waals surface area contributed by atoms with Crippen molar-refractivity contribution in [1.29, 1.82) is 0 Å². The van der Waals surface area contributed by atoms with Gasteiger partial charge in [0.1, 0.15) is 95.5 Å². The van der Waals surface area contributed by atoms with E-state index in [9.17, 15) is 65.4 Å². The van der Waals surface area contributed by atoms with E-state index in [2.05, 4.69) is 0 Å². The number of aliphatic hydroxyl groups excluding tert-OH is 8. The van der Waals surface area contributed by atoms with Gasteiger partial charge in [-0.05, 0) is 24.3 Å². The van der Waals surface area contributed by atoms with Gasteiger partial charge in [-0.1, -0.05) is 0 Å². The molecule has 11 atom stereocenters. The molecule has 3 aromatic rings. The van der Waals surface area contributed by atoms with Crippen LogP contribution in [0.1, 0.15) is 18.1 Å². The predicted octanol–water partition coefficient (Wildman–Crippen LogP) is -3.05. The number of aliphatic hydroxyl groups is 8. The van der Waals surface area contributed by atoms with E-state index in [1.54, 1.807) is 0 Å². The van der Waals surface area contributed by atoms with Crippen LogP contribution in [-0.4, -0.2) is 143 Å². The van der Waals surface area contributed by atoms with E-state index in [1.165, 1.54) is 24.3 Å². The fraction of sp³-hybridized carbons (Fsp3) is 0.452. The van der Waals surface area contributed by atoms with Crippen molar-refractivity contribution in [1.82, 2.24) is 0 Å². The number of hydrogen-bond donors (Lipinski definition) is 11. The number of fused-ring (bicyclic) bond motifs is 1. The highest BCUT2D eigenvalue weighted by atomic mass is 16.7. The van der Waals surface area contributed by atoms with Crippen molar-refractivity contribution in [3.05, 3.63) is 52.2 Å². The van der Waals surface area contributed by atoms with Gasteiger partial charge in [0.2, 0.25) is 6.29 Å². The van der Waals surface area contributed by atoms with Crippen molar-refractivity contribution in [3.63, 3.8) is 0 Å². The molecule has 2 fully saturated rings. The largest absolute Gasteiger partial charge is 0.508 e. The summed E-state index contributed by atoms with van der Waals surface area (Å²) in [4.78, 5) is 36.2. The average Bonchev–Trinajstić information content (AvgIpc) is 3.07. The van der Waals surface area contributed by atoms with Gasteiger partial charge in [-0.3, -0.25) is 9.59 Å². The van der Waals surface area contributed by atoms with Crippen LogP contribution in [0.2, 0.25) is 0 Å². The minimum atomic E-state index is -2.10. The molecule has 0 saturated carbocycles. The van der Waals surface area contributed by atoms with E-state index >= 15 is 0 Å². The SMILES string of the molecule is O=C(CC(O)C(=O)O)OC[C@H]1O[C@@H](Oc2cc3oc(-c4ccc(O)cc4)cc(=O)c3c(O)c2[C@@H]2O[C@H](CO)[C@@H](O)[C@H](O)[C@H]2O)[C@H](O)[C@@H](O)[C@@H]1O. The van der Waals surface area contributed by atoms with Crippen LogP contribution in [-0.2, 0) is 23.8 Å². The molecule has 0 spiro atoms. The minimum absolute atomic E-state index is 0.0455. The topological polar surface area (TPSA) is 324 Å². The zero-order chi connectivity index (χ0) is 36.6. The highest BCUT2D eigenvalue weighted by Crippen LogP contribution is 2.46. The Kier molecular flexibility index (Phi) is 10.9. The van der Waals surface area contributed by atoms with Gasteiger partial charge < -0.3 is 79.5 Å². The van der Waals surface area contributed by atoms with Gasteiger partial charge in [0.15, 0.2) is 11.5 Å². The fourth-order valence-electron chi connectivity index (χ4n) is 5.53. The number of rotatable bonds is 10. The Bertz CT molecular complexity index is 1760. The van der Waals surface area contributed by atoms with Crippen LogP contribution < -0.4 is 10.2 Å². The van der Waals surface area contributed by atoms with Crippen LogP contribution >= 0.6 is 0 Å².